The van der Waals surface area contributed by atoms with Crippen LogP contribution in [0, 0.1) is 10.1 Å². The van der Waals surface area contributed by atoms with Gasteiger partial charge in [-0.2, -0.15) is 0 Å². The quantitative estimate of drug-likeness (QED) is 0.582. The van der Waals surface area contributed by atoms with Gasteiger partial charge in [0.25, 0.3) is 0 Å². The molecule has 1 aliphatic heterocycles. The van der Waals surface area contributed by atoms with E-state index in [1.807, 2.05) is 31.2 Å². The van der Waals surface area contributed by atoms with Gasteiger partial charge in [0.2, 0.25) is 6.04 Å². The maximum atomic E-state index is 11.0. The maximum Gasteiger partial charge on any atom is 0.219 e. The highest BCUT2D eigenvalue weighted by molar-refractivity contribution is 5.38. The summed E-state index contributed by atoms with van der Waals surface area (Å²) in [6.45, 7) is 2.44. The fourth-order valence-electron chi connectivity index (χ4n) is 2.35. The van der Waals surface area contributed by atoms with Crippen molar-refractivity contribution in [1.82, 2.24) is 0 Å². The normalized spacial score (nSPS) is 20.7. The van der Waals surface area contributed by atoms with Crippen LogP contribution in [0.2, 0.25) is 0 Å². The van der Waals surface area contributed by atoms with Crippen molar-refractivity contribution in [1.29, 1.82) is 0 Å². The molecule has 0 N–H and O–H groups in total. The Morgan fingerprint density at radius 3 is 3.00 bits per heavy atom. The number of nitro groups is 1. The second-order valence-corrected chi connectivity index (χ2v) is 4.04. The summed E-state index contributed by atoms with van der Waals surface area (Å²) in [5.41, 5.74) is 0.984. The number of rotatable bonds is 3. The Morgan fingerprint density at radius 1 is 1.56 bits per heavy atom. The average molecular weight is 221 g/mol. The largest absolute Gasteiger partial charge is 0.493 e. The van der Waals surface area contributed by atoms with E-state index in [0.29, 0.717) is 13.0 Å². The Bertz CT molecular complexity index is 392. The van der Waals surface area contributed by atoms with E-state index in [1.54, 1.807) is 0 Å². The van der Waals surface area contributed by atoms with Gasteiger partial charge in [-0.15, -0.1) is 0 Å². The smallest absolute Gasteiger partial charge is 0.219 e. The predicted molar refractivity (Wildman–Crippen MR) is 60.4 cm³/mol. The van der Waals surface area contributed by atoms with E-state index in [4.69, 9.17) is 4.74 Å². The Balaban J connectivity index is 2.34. The van der Waals surface area contributed by atoms with Crippen LogP contribution in [-0.2, 0) is 0 Å². The highest BCUT2D eigenvalue weighted by Crippen LogP contribution is 2.37. The van der Waals surface area contributed by atoms with Gasteiger partial charge in [-0.05, 0) is 12.5 Å². The zero-order chi connectivity index (χ0) is 11.5. The first-order chi connectivity index (χ1) is 7.74. The number of hydrogen-bond acceptors (Lipinski definition) is 3. The van der Waals surface area contributed by atoms with Crippen LogP contribution in [0.5, 0.6) is 5.75 Å². The van der Waals surface area contributed by atoms with Crippen molar-refractivity contribution in [3.63, 3.8) is 0 Å². The van der Waals surface area contributed by atoms with Crippen molar-refractivity contribution >= 4 is 0 Å². The second kappa shape index (κ2) is 4.51. The van der Waals surface area contributed by atoms with E-state index >= 15 is 0 Å². The minimum Gasteiger partial charge on any atom is -0.493 e. The summed E-state index contributed by atoms with van der Waals surface area (Å²) < 4.78 is 5.51. The molecule has 86 valence electrons. The molecule has 0 amide bonds. The van der Waals surface area contributed by atoms with Gasteiger partial charge in [0, 0.05) is 16.9 Å². The molecule has 0 radical (unpaired) electrons. The summed E-state index contributed by atoms with van der Waals surface area (Å²) in [4.78, 5) is 10.8. The van der Waals surface area contributed by atoms with Gasteiger partial charge in [0.05, 0.1) is 12.5 Å². The molecular formula is C12H15NO3. The molecule has 0 saturated carbocycles. The van der Waals surface area contributed by atoms with E-state index in [-0.39, 0.29) is 10.8 Å². The summed E-state index contributed by atoms with van der Waals surface area (Å²) in [7, 11) is 0. The lowest BCUT2D eigenvalue weighted by Crippen LogP contribution is -2.30. The van der Waals surface area contributed by atoms with Crippen molar-refractivity contribution in [3.05, 3.63) is 39.9 Å². The van der Waals surface area contributed by atoms with E-state index in [1.165, 1.54) is 0 Å². The molecule has 4 nitrogen and oxygen atoms in total. The Labute approximate surface area is 94.4 Å². The van der Waals surface area contributed by atoms with Crippen LogP contribution in [0.25, 0.3) is 0 Å². The fourth-order valence-corrected chi connectivity index (χ4v) is 2.35. The highest BCUT2D eigenvalue weighted by Gasteiger charge is 2.34. The molecule has 1 heterocycles. The fraction of sp³-hybridized carbons (Fsp3) is 0.500. The van der Waals surface area contributed by atoms with Crippen LogP contribution in [-0.4, -0.2) is 17.6 Å². The van der Waals surface area contributed by atoms with Crippen LogP contribution < -0.4 is 4.74 Å². The Kier molecular flexibility index (Phi) is 3.08. The van der Waals surface area contributed by atoms with Crippen molar-refractivity contribution in [2.75, 3.05) is 6.61 Å². The topological polar surface area (TPSA) is 52.4 Å². The zero-order valence-corrected chi connectivity index (χ0v) is 9.26. The molecule has 16 heavy (non-hydrogen) atoms. The summed E-state index contributed by atoms with van der Waals surface area (Å²) in [5.74, 6) is 0.795. The number of fused-ring (bicyclic) bond motifs is 1. The summed E-state index contributed by atoms with van der Waals surface area (Å²) >= 11 is 0. The average Bonchev–Trinajstić information content (AvgIpc) is 2.30. The lowest BCUT2D eigenvalue weighted by Gasteiger charge is -2.27. The Morgan fingerprint density at radius 2 is 2.31 bits per heavy atom. The molecule has 1 aromatic carbocycles. The molecule has 4 heteroatoms. The highest BCUT2D eigenvalue weighted by atomic mass is 16.6. The first kappa shape index (κ1) is 10.9. The number of hydrogen-bond donors (Lipinski definition) is 0. The van der Waals surface area contributed by atoms with E-state index in [9.17, 15) is 10.1 Å². The van der Waals surface area contributed by atoms with Crippen LogP contribution in [0.4, 0.5) is 0 Å². The van der Waals surface area contributed by atoms with E-state index < -0.39 is 6.04 Å². The minimum atomic E-state index is -0.495. The SMILES string of the molecule is CC[C@H]([C@H]1CCOc2ccccc21)[N+](=O)[O-]. The van der Waals surface area contributed by atoms with Crippen LogP contribution in [0.1, 0.15) is 31.2 Å². The molecule has 2 rings (SSSR count). The van der Waals surface area contributed by atoms with Crippen molar-refractivity contribution in [3.8, 4) is 5.75 Å². The number of nitrogens with zero attached hydrogens (tertiary/aromatic N) is 1. The molecular weight excluding hydrogens is 206 g/mol. The molecule has 0 bridgehead atoms. The first-order valence-electron chi connectivity index (χ1n) is 5.59. The van der Waals surface area contributed by atoms with Crippen molar-refractivity contribution < 1.29 is 9.66 Å². The van der Waals surface area contributed by atoms with Crippen LogP contribution >= 0.6 is 0 Å². The van der Waals surface area contributed by atoms with Crippen LogP contribution in [0.3, 0.4) is 0 Å². The van der Waals surface area contributed by atoms with Gasteiger partial charge in [0.1, 0.15) is 5.75 Å². The number of ether oxygens (including phenoxy) is 1. The van der Waals surface area contributed by atoms with E-state index in [0.717, 1.165) is 17.7 Å². The summed E-state index contributed by atoms with van der Waals surface area (Å²) in [6, 6.07) is 7.13. The summed E-state index contributed by atoms with van der Waals surface area (Å²) in [6.07, 6.45) is 1.29. The molecule has 0 unspecified atom stereocenters. The second-order valence-electron chi connectivity index (χ2n) is 4.04. The molecule has 0 saturated heterocycles. The molecule has 2 atom stereocenters. The van der Waals surface area contributed by atoms with Gasteiger partial charge < -0.3 is 4.74 Å². The molecule has 1 aromatic rings. The van der Waals surface area contributed by atoms with Crippen molar-refractivity contribution in [2.24, 2.45) is 0 Å². The lowest BCUT2D eigenvalue weighted by molar-refractivity contribution is -0.527. The van der Waals surface area contributed by atoms with Gasteiger partial charge in [-0.1, -0.05) is 25.1 Å². The lowest BCUT2D eigenvalue weighted by atomic mass is 9.86. The standard InChI is InChI=1S/C12H15NO3/c1-2-11(13(14)15)9-7-8-16-12-6-4-3-5-10(9)12/h3-6,9,11H,2,7-8H2,1H3/t9-,11+/m0/s1. The monoisotopic (exact) mass is 221 g/mol. The molecule has 0 fully saturated rings. The third kappa shape index (κ3) is 1.87. The Hall–Kier alpha value is -1.58. The zero-order valence-electron chi connectivity index (χ0n) is 9.26. The summed E-state index contributed by atoms with van der Waals surface area (Å²) in [5, 5.41) is 11.0. The van der Waals surface area contributed by atoms with Gasteiger partial charge in [-0.3, -0.25) is 10.1 Å². The molecule has 0 aromatic heterocycles. The first-order valence-corrected chi connectivity index (χ1v) is 5.59. The van der Waals surface area contributed by atoms with E-state index in [2.05, 4.69) is 0 Å². The van der Waals surface area contributed by atoms with Gasteiger partial charge in [0.15, 0.2) is 0 Å². The van der Waals surface area contributed by atoms with Crippen molar-refractivity contribution in [2.45, 2.75) is 31.7 Å². The van der Waals surface area contributed by atoms with Gasteiger partial charge in [-0.25, -0.2) is 0 Å². The molecule has 0 aliphatic carbocycles. The van der Waals surface area contributed by atoms with Crippen LogP contribution in [0.15, 0.2) is 24.3 Å². The number of benzene rings is 1. The number of para-hydroxylation sites is 1. The molecule has 1 aliphatic rings. The predicted octanol–water partition coefficient (Wildman–Crippen LogP) is 2.61. The maximum absolute atomic E-state index is 11.0. The third-order valence-corrected chi connectivity index (χ3v) is 3.16. The molecule has 0 spiro atoms. The van der Waals surface area contributed by atoms with Gasteiger partial charge >= 0.3 is 0 Å². The minimum absolute atomic E-state index is 0.00931. The third-order valence-electron chi connectivity index (χ3n) is 3.16.